The van der Waals surface area contributed by atoms with Crippen LogP contribution in [0.4, 0.5) is 0 Å². The third kappa shape index (κ3) is 3.44. The number of hydrogen-bond acceptors (Lipinski definition) is 4. The lowest BCUT2D eigenvalue weighted by Crippen LogP contribution is -2.54. The Morgan fingerprint density at radius 2 is 2.47 bits per heavy atom. The van der Waals surface area contributed by atoms with E-state index in [-0.39, 0.29) is 11.9 Å². The number of morpholine rings is 1. The first-order chi connectivity index (χ1) is 7.19. The van der Waals surface area contributed by atoms with Gasteiger partial charge in [0.05, 0.1) is 13.2 Å². The third-order valence-corrected chi connectivity index (χ3v) is 2.74. The second-order valence-corrected chi connectivity index (χ2v) is 4.04. The zero-order valence-electron chi connectivity index (χ0n) is 9.53. The van der Waals surface area contributed by atoms with E-state index in [1.54, 1.807) is 7.05 Å². The number of nitrogens with zero attached hydrogens (tertiary/aromatic N) is 1. The molecule has 88 valence electrons. The number of carbonyl (C=O) groups excluding carboxylic acids is 1. The Hall–Kier alpha value is -0.650. The highest BCUT2D eigenvalue weighted by atomic mass is 16.5. The fraction of sp³-hybridized carbons (Fsp3) is 0.900. The molecule has 1 fully saturated rings. The van der Waals surface area contributed by atoms with E-state index in [1.807, 2.05) is 0 Å². The molecule has 0 aromatic heterocycles. The van der Waals surface area contributed by atoms with Gasteiger partial charge >= 0.3 is 0 Å². The minimum Gasteiger partial charge on any atom is -0.378 e. The fourth-order valence-electron chi connectivity index (χ4n) is 1.74. The van der Waals surface area contributed by atoms with Crippen LogP contribution in [0.5, 0.6) is 0 Å². The second-order valence-electron chi connectivity index (χ2n) is 4.04. The highest BCUT2D eigenvalue weighted by molar-refractivity contribution is 5.81. The predicted molar refractivity (Wildman–Crippen MR) is 58.5 cm³/mol. The zero-order chi connectivity index (χ0) is 11.3. The molecule has 1 saturated heterocycles. The van der Waals surface area contributed by atoms with Crippen LogP contribution in [0.3, 0.4) is 0 Å². The molecule has 2 unspecified atom stereocenters. The van der Waals surface area contributed by atoms with Crippen molar-refractivity contribution in [2.75, 3.05) is 39.9 Å². The summed E-state index contributed by atoms with van der Waals surface area (Å²) in [5.41, 5.74) is 5.58. The highest BCUT2D eigenvalue weighted by Crippen LogP contribution is 2.09. The number of amides is 1. The molecule has 5 nitrogen and oxygen atoms in total. The average Bonchev–Trinajstić information content (AvgIpc) is 2.28. The molecule has 0 saturated carbocycles. The molecule has 0 radical (unpaired) electrons. The molecule has 1 amide bonds. The summed E-state index contributed by atoms with van der Waals surface area (Å²) in [6.07, 6.45) is 0. The Kier molecular flexibility index (Phi) is 5.01. The molecular formula is C10H21N3O2. The monoisotopic (exact) mass is 215 g/mol. The van der Waals surface area contributed by atoms with E-state index in [1.165, 1.54) is 0 Å². The van der Waals surface area contributed by atoms with Crippen LogP contribution in [0.15, 0.2) is 0 Å². The molecule has 0 bridgehead atoms. The van der Waals surface area contributed by atoms with E-state index in [2.05, 4.69) is 17.1 Å². The molecular weight excluding hydrogens is 194 g/mol. The van der Waals surface area contributed by atoms with Gasteiger partial charge in [-0.3, -0.25) is 9.69 Å². The zero-order valence-corrected chi connectivity index (χ0v) is 9.53. The quantitative estimate of drug-likeness (QED) is 0.633. The van der Waals surface area contributed by atoms with Crippen LogP contribution in [-0.4, -0.2) is 56.7 Å². The molecule has 0 spiro atoms. The van der Waals surface area contributed by atoms with Crippen molar-refractivity contribution < 1.29 is 9.53 Å². The van der Waals surface area contributed by atoms with Crippen molar-refractivity contribution in [3.63, 3.8) is 0 Å². The topological polar surface area (TPSA) is 67.6 Å². The van der Waals surface area contributed by atoms with E-state index in [0.29, 0.717) is 25.7 Å². The molecule has 0 aromatic rings. The van der Waals surface area contributed by atoms with E-state index < -0.39 is 0 Å². The average molecular weight is 215 g/mol. The Morgan fingerprint density at radius 1 is 1.73 bits per heavy atom. The van der Waals surface area contributed by atoms with Gasteiger partial charge in [0.1, 0.15) is 6.04 Å². The lowest BCUT2D eigenvalue weighted by molar-refractivity contribution is -0.132. The third-order valence-electron chi connectivity index (χ3n) is 2.74. The fourth-order valence-corrected chi connectivity index (χ4v) is 1.74. The SMILES string of the molecule is CNC(=O)C1COCCN1CC(C)CN. The number of likely N-dealkylation sites (N-methyl/N-ethyl adjacent to an activating group) is 1. The van der Waals surface area contributed by atoms with Crippen LogP contribution < -0.4 is 11.1 Å². The standard InChI is InChI=1S/C10H21N3O2/c1-8(5-11)6-13-3-4-15-7-9(13)10(14)12-2/h8-9H,3-7,11H2,1-2H3,(H,12,14). The number of nitrogens with one attached hydrogen (secondary N) is 1. The second kappa shape index (κ2) is 6.05. The van der Waals surface area contributed by atoms with Crippen molar-refractivity contribution in [2.45, 2.75) is 13.0 Å². The van der Waals surface area contributed by atoms with Crippen LogP contribution in [0.25, 0.3) is 0 Å². The van der Waals surface area contributed by atoms with Crippen LogP contribution in [-0.2, 0) is 9.53 Å². The van der Waals surface area contributed by atoms with Crippen LogP contribution in [0, 0.1) is 5.92 Å². The van der Waals surface area contributed by atoms with Crippen molar-refractivity contribution in [3.05, 3.63) is 0 Å². The highest BCUT2D eigenvalue weighted by Gasteiger charge is 2.29. The van der Waals surface area contributed by atoms with Crippen molar-refractivity contribution in [1.82, 2.24) is 10.2 Å². The first-order valence-electron chi connectivity index (χ1n) is 5.42. The van der Waals surface area contributed by atoms with Gasteiger partial charge in [-0.15, -0.1) is 0 Å². The van der Waals surface area contributed by atoms with Crippen LogP contribution in [0.1, 0.15) is 6.92 Å². The summed E-state index contributed by atoms with van der Waals surface area (Å²) in [6.45, 7) is 5.59. The normalized spacial score (nSPS) is 24.9. The summed E-state index contributed by atoms with van der Waals surface area (Å²) >= 11 is 0. The Bertz CT molecular complexity index is 211. The molecule has 1 aliphatic rings. The van der Waals surface area contributed by atoms with Crippen molar-refractivity contribution in [2.24, 2.45) is 11.7 Å². The maximum atomic E-state index is 11.6. The van der Waals surface area contributed by atoms with Gasteiger partial charge in [0.2, 0.25) is 5.91 Å². The maximum Gasteiger partial charge on any atom is 0.239 e. The van der Waals surface area contributed by atoms with Crippen molar-refractivity contribution in [1.29, 1.82) is 0 Å². The molecule has 1 rings (SSSR count). The molecule has 15 heavy (non-hydrogen) atoms. The van der Waals surface area contributed by atoms with E-state index in [0.717, 1.165) is 13.1 Å². The van der Waals surface area contributed by atoms with E-state index >= 15 is 0 Å². The minimum atomic E-state index is -0.155. The number of nitrogens with two attached hydrogens (primary N) is 1. The lowest BCUT2D eigenvalue weighted by Gasteiger charge is -2.35. The van der Waals surface area contributed by atoms with Gasteiger partial charge in [-0.25, -0.2) is 0 Å². The lowest BCUT2D eigenvalue weighted by atomic mass is 10.1. The van der Waals surface area contributed by atoms with Gasteiger partial charge in [-0.2, -0.15) is 0 Å². The minimum absolute atomic E-state index is 0.0268. The summed E-state index contributed by atoms with van der Waals surface area (Å²) in [4.78, 5) is 13.7. The summed E-state index contributed by atoms with van der Waals surface area (Å²) in [5, 5.41) is 2.66. The number of hydrogen-bond donors (Lipinski definition) is 2. The summed E-state index contributed by atoms with van der Waals surface area (Å²) in [6, 6.07) is -0.155. The molecule has 1 heterocycles. The van der Waals surface area contributed by atoms with E-state index in [9.17, 15) is 4.79 Å². The summed E-state index contributed by atoms with van der Waals surface area (Å²) in [7, 11) is 1.65. The largest absolute Gasteiger partial charge is 0.378 e. The van der Waals surface area contributed by atoms with E-state index in [4.69, 9.17) is 10.5 Å². The Morgan fingerprint density at radius 3 is 3.07 bits per heavy atom. The number of rotatable bonds is 4. The molecule has 2 atom stereocenters. The number of ether oxygens (including phenoxy) is 1. The van der Waals surface area contributed by atoms with Gasteiger partial charge in [-0.1, -0.05) is 6.92 Å². The Labute approximate surface area is 90.9 Å². The smallest absolute Gasteiger partial charge is 0.239 e. The summed E-state index contributed by atoms with van der Waals surface area (Å²) < 4.78 is 5.32. The number of carbonyl (C=O) groups is 1. The molecule has 0 aromatic carbocycles. The van der Waals surface area contributed by atoms with Crippen LogP contribution in [0.2, 0.25) is 0 Å². The molecule has 0 aliphatic carbocycles. The maximum absolute atomic E-state index is 11.6. The van der Waals surface area contributed by atoms with Gasteiger partial charge in [0, 0.05) is 20.1 Å². The first kappa shape index (κ1) is 12.4. The van der Waals surface area contributed by atoms with Crippen molar-refractivity contribution >= 4 is 5.91 Å². The Balaban J connectivity index is 2.53. The molecule has 1 aliphatic heterocycles. The van der Waals surface area contributed by atoms with Gasteiger partial charge < -0.3 is 15.8 Å². The van der Waals surface area contributed by atoms with Gasteiger partial charge in [0.15, 0.2) is 0 Å². The van der Waals surface area contributed by atoms with Crippen LogP contribution >= 0.6 is 0 Å². The molecule has 3 N–H and O–H groups in total. The summed E-state index contributed by atoms with van der Waals surface area (Å²) in [5.74, 6) is 0.439. The van der Waals surface area contributed by atoms with Gasteiger partial charge in [-0.05, 0) is 12.5 Å². The van der Waals surface area contributed by atoms with Crippen molar-refractivity contribution in [3.8, 4) is 0 Å². The predicted octanol–water partition coefficient (Wildman–Crippen LogP) is -0.972. The first-order valence-corrected chi connectivity index (χ1v) is 5.42. The molecule has 5 heteroatoms. The van der Waals surface area contributed by atoms with Gasteiger partial charge in [0.25, 0.3) is 0 Å².